The van der Waals surface area contributed by atoms with Gasteiger partial charge in [-0.2, -0.15) is 0 Å². The van der Waals surface area contributed by atoms with Gasteiger partial charge in [0, 0.05) is 51.8 Å². The molecule has 1 aliphatic rings. The fourth-order valence-corrected chi connectivity index (χ4v) is 4.54. The molecule has 1 saturated heterocycles. The first-order valence-corrected chi connectivity index (χ1v) is 11.1. The molecular formula is C21H24Cl2N6O3. The molecule has 4 rings (SSSR count). The van der Waals surface area contributed by atoms with Crippen molar-refractivity contribution in [3.05, 3.63) is 61.0 Å². The fraction of sp³-hybridized carbons (Fsp3) is 0.429. The number of carbonyl (C=O) groups is 1. The quantitative estimate of drug-likeness (QED) is 0.555. The van der Waals surface area contributed by atoms with Gasteiger partial charge in [-0.25, -0.2) is 9.78 Å². The molecule has 0 aliphatic carbocycles. The molecule has 1 fully saturated rings. The van der Waals surface area contributed by atoms with Gasteiger partial charge in [0.2, 0.25) is 0 Å². The molecule has 3 heterocycles. The van der Waals surface area contributed by atoms with Crippen LogP contribution in [-0.4, -0.2) is 67.1 Å². The van der Waals surface area contributed by atoms with Crippen molar-refractivity contribution in [2.24, 2.45) is 14.1 Å². The topological polar surface area (TPSA) is 85.4 Å². The van der Waals surface area contributed by atoms with Crippen LogP contribution >= 0.6 is 23.2 Å². The Balaban J connectivity index is 1.35. The van der Waals surface area contributed by atoms with Gasteiger partial charge in [0.15, 0.2) is 11.2 Å². The highest BCUT2D eigenvalue weighted by molar-refractivity contribution is 6.36. The first kappa shape index (κ1) is 22.6. The van der Waals surface area contributed by atoms with Gasteiger partial charge in [-0.1, -0.05) is 23.2 Å². The van der Waals surface area contributed by atoms with Gasteiger partial charge in [-0.05, 0) is 31.2 Å². The molecule has 1 aromatic carbocycles. The van der Waals surface area contributed by atoms with Crippen LogP contribution in [0.3, 0.4) is 0 Å². The van der Waals surface area contributed by atoms with Gasteiger partial charge in [0.05, 0.1) is 16.9 Å². The maximum Gasteiger partial charge on any atom is 0.332 e. The molecule has 1 amide bonds. The first-order chi connectivity index (χ1) is 15.3. The molecule has 0 atom stereocenters. The molecule has 0 spiro atoms. The summed E-state index contributed by atoms with van der Waals surface area (Å²) < 4.78 is 4.31. The van der Waals surface area contributed by atoms with Crippen LogP contribution in [0.15, 0.2) is 34.1 Å². The maximum absolute atomic E-state index is 12.8. The summed E-state index contributed by atoms with van der Waals surface area (Å²) in [6, 6.07) is 4.88. The van der Waals surface area contributed by atoms with E-state index < -0.39 is 0 Å². The third-order valence-corrected chi connectivity index (χ3v) is 6.43. The van der Waals surface area contributed by atoms with Crippen molar-refractivity contribution in [3.8, 4) is 0 Å². The maximum atomic E-state index is 12.8. The standard InChI is InChI=1S/C21H24Cl2N6O3/c1-25-13-24-18-17(25)20(31)29(21(32)26(18)2)7-3-6-27-8-10-28(11-9-27)19(30)15-5-4-14(22)12-16(15)23/h4-5,12-13H,3,6-11H2,1-2H3. The van der Waals surface area contributed by atoms with Gasteiger partial charge in [-0.3, -0.25) is 23.6 Å². The smallest absolute Gasteiger partial charge is 0.332 e. The van der Waals surface area contributed by atoms with Gasteiger partial charge >= 0.3 is 5.69 Å². The van der Waals surface area contributed by atoms with Crippen molar-refractivity contribution in [2.45, 2.75) is 13.0 Å². The van der Waals surface area contributed by atoms with Crippen LogP contribution in [0.4, 0.5) is 0 Å². The van der Waals surface area contributed by atoms with E-state index in [9.17, 15) is 14.4 Å². The second-order valence-corrected chi connectivity index (χ2v) is 8.78. The normalized spacial score (nSPS) is 14.9. The van der Waals surface area contributed by atoms with Crippen molar-refractivity contribution in [3.63, 3.8) is 0 Å². The number of amides is 1. The lowest BCUT2D eigenvalue weighted by molar-refractivity contribution is 0.0634. The average molecular weight is 479 g/mol. The van der Waals surface area contributed by atoms with Crippen LogP contribution in [-0.2, 0) is 20.6 Å². The zero-order chi connectivity index (χ0) is 23.0. The summed E-state index contributed by atoms with van der Waals surface area (Å²) in [7, 11) is 3.36. The molecule has 0 N–H and O–H groups in total. The highest BCUT2D eigenvalue weighted by Crippen LogP contribution is 2.22. The van der Waals surface area contributed by atoms with E-state index in [1.54, 1.807) is 41.8 Å². The molecule has 3 aromatic rings. The third-order valence-electron chi connectivity index (χ3n) is 5.88. The molecule has 0 radical (unpaired) electrons. The number of rotatable bonds is 5. The third kappa shape index (κ3) is 4.20. The molecule has 32 heavy (non-hydrogen) atoms. The van der Waals surface area contributed by atoms with Crippen LogP contribution in [0.5, 0.6) is 0 Å². The summed E-state index contributed by atoms with van der Waals surface area (Å²) in [6.07, 6.45) is 2.18. The molecule has 0 unspecified atom stereocenters. The van der Waals surface area contributed by atoms with Crippen molar-refractivity contribution in [2.75, 3.05) is 32.7 Å². The van der Waals surface area contributed by atoms with Gasteiger partial charge < -0.3 is 9.47 Å². The summed E-state index contributed by atoms with van der Waals surface area (Å²) in [4.78, 5) is 46.3. The highest BCUT2D eigenvalue weighted by atomic mass is 35.5. The number of imidazole rings is 1. The van der Waals surface area contributed by atoms with E-state index in [0.29, 0.717) is 65.9 Å². The predicted molar refractivity (Wildman–Crippen MR) is 124 cm³/mol. The highest BCUT2D eigenvalue weighted by Gasteiger charge is 2.23. The summed E-state index contributed by atoms with van der Waals surface area (Å²) >= 11 is 12.1. The van der Waals surface area contributed by atoms with Crippen molar-refractivity contribution < 1.29 is 4.79 Å². The summed E-state index contributed by atoms with van der Waals surface area (Å²) in [5.74, 6) is -0.106. The molecule has 170 valence electrons. The van der Waals surface area contributed by atoms with Gasteiger partial charge in [-0.15, -0.1) is 0 Å². The molecule has 1 aliphatic heterocycles. The van der Waals surface area contributed by atoms with Crippen molar-refractivity contribution >= 4 is 40.3 Å². The molecular weight excluding hydrogens is 455 g/mol. The number of aromatic nitrogens is 4. The monoisotopic (exact) mass is 478 g/mol. The minimum atomic E-state index is -0.364. The second kappa shape index (κ2) is 9.09. The Morgan fingerprint density at radius 2 is 1.78 bits per heavy atom. The summed E-state index contributed by atoms with van der Waals surface area (Å²) in [5.41, 5.74) is 0.570. The van der Waals surface area contributed by atoms with Gasteiger partial charge in [0.1, 0.15) is 0 Å². The zero-order valence-corrected chi connectivity index (χ0v) is 19.4. The van der Waals surface area contributed by atoms with Crippen LogP contribution in [0.2, 0.25) is 10.0 Å². The van der Waals surface area contributed by atoms with Crippen LogP contribution in [0.25, 0.3) is 11.2 Å². The van der Waals surface area contributed by atoms with E-state index in [4.69, 9.17) is 23.2 Å². The molecule has 9 nitrogen and oxygen atoms in total. The Bertz CT molecular complexity index is 1290. The number of nitrogens with zero attached hydrogens (tertiary/aromatic N) is 6. The number of benzene rings is 1. The average Bonchev–Trinajstić information content (AvgIpc) is 3.16. The Hall–Kier alpha value is -2.62. The minimum absolute atomic E-state index is 0.106. The number of fused-ring (bicyclic) bond motifs is 1. The number of hydrogen-bond donors (Lipinski definition) is 0. The number of carbonyl (C=O) groups excluding carboxylic acids is 1. The first-order valence-electron chi connectivity index (χ1n) is 10.4. The SMILES string of the molecule is Cn1cnc2c1c(=O)n(CCCN1CCN(C(=O)c3ccc(Cl)cc3Cl)CC1)c(=O)n2C. The Morgan fingerprint density at radius 1 is 1.06 bits per heavy atom. The zero-order valence-electron chi connectivity index (χ0n) is 17.9. The second-order valence-electron chi connectivity index (χ2n) is 7.94. The van der Waals surface area contributed by atoms with Crippen molar-refractivity contribution in [1.82, 2.24) is 28.5 Å². The minimum Gasteiger partial charge on any atom is -0.336 e. The van der Waals surface area contributed by atoms with E-state index in [1.165, 1.54) is 15.5 Å². The number of hydrogen-bond acceptors (Lipinski definition) is 5. The van der Waals surface area contributed by atoms with E-state index in [0.717, 1.165) is 6.54 Å². The molecule has 2 aromatic heterocycles. The Labute approximate surface area is 194 Å². The lowest BCUT2D eigenvalue weighted by atomic mass is 10.1. The van der Waals surface area contributed by atoms with E-state index >= 15 is 0 Å². The lowest BCUT2D eigenvalue weighted by Gasteiger charge is -2.35. The Kier molecular flexibility index (Phi) is 6.41. The Morgan fingerprint density at radius 3 is 2.47 bits per heavy atom. The largest absolute Gasteiger partial charge is 0.336 e. The summed E-state index contributed by atoms with van der Waals surface area (Å²) in [6.45, 7) is 3.64. The van der Waals surface area contributed by atoms with Crippen molar-refractivity contribution in [1.29, 1.82) is 0 Å². The van der Waals surface area contributed by atoms with E-state index in [1.807, 2.05) is 0 Å². The molecule has 0 bridgehead atoms. The summed E-state index contributed by atoms with van der Waals surface area (Å²) in [5, 5.41) is 0.843. The number of piperazine rings is 1. The van der Waals surface area contributed by atoms with Gasteiger partial charge in [0.25, 0.3) is 11.5 Å². The molecule has 0 saturated carbocycles. The number of halogens is 2. The molecule has 11 heteroatoms. The predicted octanol–water partition coefficient (Wildman–Crippen LogP) is 1.59. The van der Waals surface area contributed by atoms with Crippen LogP contribution in [0, 0.1) is 0 Å². The van der Waals surface area contributed by atoms with Crippen LogP contribution < -0.4 is 11.2 Å². The van der Waals surface area contributed by atoms with Crippen LogP contribution in [0.1, 0.15) is 16.8 Å². The van der Waals surface area contributed by atoms with E-state index in [-0.39, 0.29) is 17.2 Å². The lowest BCUT2D eigenvalue weighted by Crippen LogP contribution is -2.49. The fourth-order valence-electron chi connectivity index (χ4n) is 4.05. The number of aryl methyl sites for hydroxylation is 2. The van der Waals surface area contributed by atoms with E-state index in [2.05, 4.69) is 9.88 Å².